The van der Waals surface area contributed by atoms with Gasteiger partial charge < -0.3 is 10.4 Å². The molecule has 8 heteroatoms. The van der Waals surface area contributed by atoms with Crippen molar-refractivity contribution < 1.29 is 23.9 Å². The third kappa shape index (κ3) is 3.91. The minimum atomic E-state index is -0.565. The summed E-state index contributed by atoms with van der Waals surface area (Å²) in [7, 11) is 0. The molecule has 2 heterocycles. The van der Waals surface area contributed by atoms with Crippen molar-refractivity contribution in [3.63, 3.8) is 0 Å². The lowest BCUT2D eigenvalue weighted by atomic mass is 9.94. The predicted molar refractivity (Wildman–Crippen MR) is 108 cm³/mol. The van der Waals surface area contributed by atoms with Gasteiger partial charge in [-0.1, -0.05) is 12.1 Å². The van der Waals surface area contributed by atoms with Gasteiger partial charge in [0.05, 0.1) is 23.8 Å². The number of halogens is 1. The van der Waals surface area contributed by atoms with Crippen LogP contribution in [0.1, 0.15) is 19.3 Å². The summed E-state index contributed by atoms with van der Waals surface area (Å²) >= 11 is 0. The molecule has 2 aromatic rings. The van der Waals surface area contributed by atoms with Gasteiger partial charge in [-0.3, -0.25) is 19.3 Å². The highest BCUT2D eigenvalue weighted by atomic mass is 19.1. The van der Waals surface area contributed by atoms with Crippen molar-refractivity contribution in [3.8, 4) is 5.75 Å². The molecule has 2 aliphatic rings. The monoisotopic (exact) mass is 411 g/mol. The van der Waals surface area contributed by atoms with Gasteiger partial charge in [-0.2, -0.15) is 0 Å². The average molecular weight is 411 g/mol. The zero-order valence-corrected chi connectivity index (χ0v) is 16.3. The molecule has 0 unspecified atom stereocenters. The second-order valence-corrected chi connectivity index (χ2v) is 7.58. The summed E-state index contributed by atoms with van der Waals surface area (Å²) in [5.41, 5.74) is 0.738. The normalized spacial score (nSPS) is 20.6. The van der Waals surface area contributed by atoms with Crippen LogP contribution in [-0.4, -0.2) is 46.9 Å². The van der Waals surface area contributed by atoms with Gasteiger partial charge in [-0.05, 0) is 62.3 Å². The molecule has 7 nitrogen and oxygen atoms in total. The number of hydrogen-bond donors (Lipinski definition) is 2. The Morgan fingerprint density at radius 2 is 1.70 bits per heavy atom. The Bertz CT molecular complexity index is 971. The number of hydrogen-bond acceptors (Lipinski definition) is 5. The maximum Gasteiger partial charge on any atom is 0.251 e. The Morgan fingerprint density at radius 3 is 2.37 bits per heavy atom. The number of piperidine rings is 1. The first kappa shape index (κ1) is 20.0. The second kappa shape index (κ2) is 8.23. The Balaban J connectivity index is 1.36. The number of carbonyl (C=O) groups is 3. The standard InChI is InChI=1S/C22H22FN3O4/c23-15-5-7-16(8-6-15)26-20(28)13-18(22(26)30)25-11-9-14(10-12-25)21(29)24-17-3-1-2-4-19(17)27/h1-8,14,18,27H,9-13H2,(H,24,29)/t18-/m0/s1. The number of anilines is 2. The molecule has 3 amide bonds. The minimum Gasteiger partial charge on any atom is -0.506 e. The van der Waals surface area contributed by atoms with Crippen molar-refractivity contribution in [1.82, 2.24) is 4.90 Å². The van der Waals surface area contributed by atoms with Crippen LogP contribution >= 0.6 is 0 Å². The van der Waals surface area contributed by atoms with Gasteiger partial charge in [0.15, 0.2) is 0 Å². The fourth-order valence-corrected chi connectivity index (χ4v) is 4.05. The summed E-state index contributed by atoms with van der Waals surface area (Å²) in [5, 5.41) is 12.6. The summed E-state index contributed by atoms with van der Waals surface area (Å²) in [5.74, 6) is -1.45. The van der Waals surface area contributed by atoms with Gasteiger partial charge in [0.25, 0.3) is 5.91 Å². The van der Waals surface area contributed by atoms with Crippen molar-refractivity contribution in [2.24, 2.45) is 5.92 Å². The number of nitrogens with one attached hydrogen (secondary N) is 1. The first-order chi connectivity index (χ1) is 14.4. The van der Waals surface area contributed by atoms with E-state index in [1.165, 1.54) is 30.3 Å². The SMILES string of the molecule is O=C(Nc1ccccc1O)C1CCN([C@H]2CC(=O)N(c3ccc(F)cc3)C2=O)CC1. The van der Waals surface area contributed by atoms with E-state index < -0.39 is 11.9 Å². The van der Waals surface area contributed by atoms with E-state index in [9.17, 15) is 23.9 Å². The Kier molecular flexibility index (Phi) is 5.50. The van der Waals surface area contributed by atoms with Gasteiger partial charge in [-0.25, -0.2) is 9.29 Å². The molecule has 156 valence electrons. The first-order valence-electron chi connectivity index (χ1n) is 9.89. The number of likely N-dealkylation sites (tertiary alicyclic amines) is 1. The van der Waals surface area contributed by atoms with Crippen LogP contribution in [0.4, 0.5) is 15.8 Å². The predicted octanol–water partition coefficient (Wildman–Crippen LogP) is 2.51. The van der Waals surface area contributed by atoms with E-state index in [4.69, 9.17) is 0 Å². The van der Waals surface area contributed by atoms with Crippen molar-refractivity contribution in [3.05, 3.63) is 54.3 Å². The maximum atomic E-state index is 13.2. The van der Waals surface area contributed by atoms with Gasteiger partial charge >= 0.3 is 0 Å². The Morgan fingerprint density at radius 1 is 1.03 bits per heavy atom. The zero-order chi connectivity index (χ0) is 21.3. The number of benzene rings is 2. The van der Waals surface area contributed by atoms with Crippen LogP contribution in [0.3, 0.4) is 0 Å². The molecule has 2 aromatic carbocycles. The van der Waals surface area contributed by atoms with E-state index in [0.29, 0.717) is 37.3 Å². The third-order valence-corrected chi connectivity index (χ3v) is 5.71. The van der Waals surface area contributed by atoms with E-state index in [1.54, 1.807) is 18.2 Å². The van der Waals surface area contributed by atoms with E-state index in [2.05, 4.69) is 5.32 Å². The minimum absolute atomic E-state index is 0.0132. The number of carbonyl (C=O) groups excluding carboxylic acids is 3. The summed E-state index contributed by atoms with van der Waals surface area (Å²) in [6.07, 6.45) is 1.17. The third-order valence-electron chi connectivity index (χ3n) is 5.71. The molecular weight excluding hydrogens is 389 g/mol. The molecule has 2 aliphatic heterocycles. The van der Waals surface area contributed by atoms with Gasteiger partial charge in [0.1, 0.15) is 11.6 Å². The number of aromatic hydroxyl groups is 1. The molecule has 0 bridgehead atoms. The number of phenolic OH excluding ortho intramolecular Hbond substituents is 1. The lowest BCUT2D eigenvalue weighted by Crippen LogP contribution is -2.47. The fraction of sp³-hybridized carbons (Fsp3) is 0.318. The van der Waals surface area contributed by atoms with Crippen LogP contribution in [-0.2, 0) is 14.4 Å². The topological polar surface area (TPSA) is 89.9 Å². The number of rotatable bonds is 4. The first-order valence-corrected chi connectivity index (χ1v) is 9.89. The average Bonchev–Trinajstić information content (AvgIpc) is 3.04. The van der Waals surface area contributed by atoms with Crippen LogP contribution in [0.25, 0.3) is 0 Å². The molecule has 0 radical (unpaired) electrons. The molecule has 2 fully saturated rings. The molecule has 0 aromatic heterocycles. The van der Waals surface area contributed by atoms with E-state index in [1.807, 2.05) is 4.90 Å². The second-order valence-electron chi connectivity index (χ2n) is 7.58. The highest BCUT2D eigenvalue weighted by molar-refractivity contribution is 6.22. The molecular formula is C22H22FN3O4. The molecule has 0 aliphatic carbocycles. The van der Waals surface area contributed by atoms with E-state index in [0.717, 1.165) is 4.90 Å². The Hall–Kier alpha value is -3.26. The zero-order valence-electron chi connectivity index (χ0n) is 16.3. The lowest BCUT2D eigenvalue weighted by molar-refractivity contribution is -0.123. The molecule has 1 atom stereocenters. The molecule has 2 N–H and O–H groups in total. The van der Waals surface area contributed by atoms with E-state index in [-0.39, 0.29) is 35.8 Å². The molecule has 0 saturated carbocycles. The summed E-state index contributed by atoms with van der Waals surface area (Å²) in [4.78, 5) is 40.9. The summed E-state index contributed by atoms with van der Waals surface area (Å²) in [6.45, 7) is 1.03. The van der Waals surface area contributed by atoms with Crippen LogP contribution < -0.4 is 10.2 Å². The quantitative estimate of drug-likeness (QED) is 0.596. The highest BCUT2D eigenvalue weighted by Gasteiger charge is 2.43. The van der Waals surface area contributed by atoms with Gasteiger partial charge in [-0.15, -0.1) is 0 Å². The lowest BCUT2D eigenvalue weighted by Gasteiger charge is -2.34. The molecule has 30 heavy (non-hydrogen) atoms. The number of imide groups is 1. The number of nitrogens with zero attached hydrogens (tertiary/aromatic N) is 2. The number of amides is 3. The number of para-hydroxylation sites is 2. The molecule has 0 spiro atoms. The van der Waals surface area contributed by atoms with Crippen LogP contribution in [0.5, 0.6) is 5.75 Å². The largest absolute Gasteiger partial charge is 0.506 e. The van der Waals surface area contributed by atoms with Crippen molar-refractivity contribution in [2.75, 3.05) is 23.3 Å². The van der Waals surface area contributed by atoms with Gasteiger partial charge in [0.2, 0.25) is 11.8 Å². The maximum absolute atomic E-state index is 13.2. The van der Waals surface area contributed by atoms with Crippen LogP contribution in [0, 0.1) is 11.7 Å². The summed E-state index contributed by atoms with van der Waals surface area (Å²) < 4.78 is 13.2. The highest BCUT2D eigenvalue weighted by Crippen LogP contribution is 2.30. The van der Waals surface area contributed by atoms with Crippen LogP contribution in [0.15, 0.2) is 48.5 Å². The summed E-state index contributed by atoms with van der Waals surface area (Å²) in [6, 6.07) is 11.3. The number of phenols is 1. The van der Waals surface area contributed by atoms with Crippen molar-refractivity contribution >= 4 is 29.1 Å². The van der Waals surface area contributed by atoms with Crippen LogP contribution in [0.2, 0.25) is 0 Å². The Labute approximate surface area is 173 Å². The molecule has 2 saturated heterocycles. The fourth-order valence-electron chi connectivity index (χ4n) is 4.05. The molecule has 4 rings (SSSR count). The van der Waals surface area contributed by atoms with E-state index >= 15 is 0 Å². The smallest absolute Gasteiger partial charge is 0.251 e. The van der Waals surface area contributed by atoms with Gasteiger partial charge in [0, 0.05) is 5.92 Å². The van der Waals surface area contributed by atoms with Crippen molar-refractivity contribution in [2.45, 2.75) is 25.3 Å². The van der Waals surface area contributed by atoms with Crippen molar-refractivity contribution in [1.29, 1.82) is 0 Å².